The number of para-hydroxylation sites is 2. The number of carbonyl (C=O) groups is 1. The Labute approximate surface area is 171 Å². The largest absolute Gasteiger partial charge is 0.463 e. The number of ether oxygens (including phenoxy) is 1. The molecule has 28 heavy (non-hydrogen) atoms. The first-order chi connectivity index (χ1) is 13.6. The average Bonchev–Trinajstić information content (AvgIpc) is 2.86. The van der Waals surface area contributed by atoms with Crippen molar-refractivity contribution in [1.29, 1.82) is 0 Å². The fourth-order valence-electron chi connectivity index (χ4n) is 3.89. The lowest BCUT2D eigenvalue weighted by molar-refractivity contribution is 0.0970. The summed E-state index contributed by atoms with van der Waals surface area (Å²) in [5.74, 6) is 0.715. The maximum absolute atomic E-state index is 13.6. The summed E-state index contributed by atoms with van der Waals surface area (Å²) < 4.78 is 6.92. The van der Waals surface area contributed by atoms with Crippen molar-refractivity contribution >= 4 is 33.2 Å². The van der Waals surface area contributed by atoms with E-state index in [0.29, 0.717) is 5.56 Å². The number of rotatable bonds is 1. The average molecular weight is 433 g/mol. The predicted molar refractivity (Wildman–Crippen MR) is 113 cm³/mol. The molecule has 2 aliphatic rings. The molecule has 3 aromatic carbocycles. The van der Waals surface area contributed by atoms with Gasteiger partial charge in [-0.25, -0.2) is 0 Å². The van der Waals surface area contributed by atoms with Crippen LogP contribution in [0.5, 0.6) is 5.75 Å². The Morgan fingerprint density at radius 3 is 2.50 bits per heavy atom. The predicted octanol–water partition coefficient (Wildman–Crippen LogP) is 5.87. The molecule has 1 amide bonds. The number of halogens is 1. The molecule has 3 aromatic rings. The van der Waals surface area contributed by atoms with Gasteiger partial charge in [-0.3, -0.25) is 9.69 Å². The van der Waals surface area contributed by atoms with E-state index < -0.39 is 0 Å². The van der Waals surface area contributed by atoms with Gasteiger partial charge in [0.15, 0.2) is 0 Å². The summed E-state index contributed by atoms with van der Waals surface area (Å²) in [5, 5.41) is 0. The lowest BCUT2D eigenvalue weighted by Crippen LogP contribution is -2.48. The zero-order valence-corrected chi connectivity index (χ0v) is 16.8. The molecule has 5 rings (SSSR count). The first-order valence-corrected chi connectivity index (χ1v) is 9.84. The molecule has 4 nitrogen and oxygen atoms in total. The van der Waals surface area contributed by atoms with Gasteiger partial charge in [-0.05, 0) is 49.4 Å². The van der Waals surface area contributed by atoms with E-state index in [1.807, 2.05) is 84.6 Å². The Bertz CT molecular complexity index is 1110. The number of amides is 1. The number of nitrogens with zero attached hydrogens (tertiary/aromatic N) is 2. The Kier molecular flexibility index (Phi) is 3.98. The maximum atomic E-state index is 13.6. The Balaban J connectivity index is 1.83. The zero-order chi connectivity index (χ0) is 19.3. The lowest BCUT2D eigenvalue weighted by Gasteiger charge is -2.45. The van der Waals surface area contributed by atoms with Gasteiger partial charge in [-0.15, -0.1) is 0 Å². The van der Waals surface area contributed by atoms with Crippen molar-refractivity contribution in [3.8, 4) is 5.75 Å². The van der Waals surface area contributed by atoms with Gasteiger partial charge in [0, 0.05) is 15.7 Å². The summed E-state index contributed by atoms with van der Waals surface area (Å²) in [6.07, 6.45) is 1.40. The highest BCUT2D eigenvalue weighted by molar-refractivity contribution is 9.10. The summed E-state index contributed by atoms with van der Waals surface area (Å²) in [7, 11) is 0. The van der Waals surface area contributed by atoms with Gasteiger partial charge in [-0.1, -0.05) is 46.3 Å². The standard InChI is InChI=1S/C23H17BrN2O2/c1-15-14-28-21-12-11-16(24)13-19(21)22-25(15)20-10-6-5-9-18(20)23(27)26(22)17-7-3-2-4-8-17/h2-14,22H,1H3. The third kappa shape index (κ3) is 2.54. The summed E-state index contributed by atoms with van der Waals surface area (Å²) in [6, 6.07) is 23.4. The van der Waals surface area contributed by atoms with Crippen LogP contribution < -0.4 is 14.5 Å². The molecule has 138 valence electrons. The molecule has 5 heteroatoms. The Morgan fingerprint density at radius 1 is 0.929 bits per heavy atom. The van der Waals surface area contributed by atoms with E-state index in [0.717, 1.165) is 32.9 Å². The summed E-state index contributed by atoms with van der Waals surface area (Å²) >= 11 is 3.58. The van der Waals surface area contributed by atoms with Gasteiger partial charge >= 0.3 is 0 Å². The van der Waals surface area contributed by atoms with Gasteiger partial charge in [-0.2, -0.15) is 0 Å². The number of anilines is 2. The molecule has 2 heterocycles. The molecule has 0 saturated heterocycles. The summed E-state index contributed by atoms with van der Waals surface area (Å²) in [4.78, 5) is 17.6. The van der Waals surface area contributed by atoms with Crippen molar-refractivity contribution in [3.05, 3.63) is 100 Å². The molecule has 2 aliphatic heterocycles. The smallest absolute Gasteiger partial charge is 0.262 e. The van der Waals surface area contributed by atoms with E-state index in [1.54, 1.807) is 6.26 Å². The number of carbonyl (C=O) groups excluding carboxylic acids is 1. The number of allylic oxidation sites excluding steroid dienone is 1. The third-order valence-electron chi connectivity index (χ3n) is 5.12. The highest BCUT2D eigenvalue weighted by atomic mass is 79.9. The highest BCUT2D eigenvalue weighted by Crippen LogP contribution is 2.47. The fraction of sp³-hybridized carbons (Fsp3) is 0.0870. The Hall–Kier alpha value is -3.05. The second-order valence-corrected chi connectivity index (χ2v) is 7.75. The lowest BCUT2D eigenvalue weighted by atomic mass is 9.99. The molecule has 1 unspecified atom stereocenters. The van der Waals surface area contributed by atoms with Gasteiger partial charge in [0.1, 0.15) is 18.2 Å². The second kappa shape index (κ2) is 6.53. The van der Waals surface area contributed by atoms with Crippen molar-refractivity contribution < 1.29 is 9.53 Å². The fourth-order valence-corrected chi connectivity index (χ4v) is 4.27. The van der Waals surface area contributed by atoms with E-state index in [4.69, 9.17) is 4.74 Å². The first kappa shape index (κ1) is 17.1. The van der Waals surface area contributed by atoms with Crippen molar-refractivity contribution in [3.63, 3.8) is 0 Å². The summed E-state index contributed by atoms with van der Waals surface area (Å²) in [6.45, 7) is 2.00. The topological polar surface area (TPSA) is 32.8 Å². The zero-order valence-electron chi connectivity index (χ0n) is 15.2. The molecule has 1 atom stereocenters. The summed E-state index contributed by atoms with van der Waals surface area (Å²) in [5.41, 5.74) is 4.26. The minimum Gasteiger partial charge on any atom is -0.463 e. The number of fused-ring (bicyclic) bond motifs is 5. The van der Waals surface area contributed by atoms with Crippen LogP contribution in [0, 0.1) is 0 Å². The van der Waals surface area contributed by atoms with Crippen LogP contribution in [-0.2, 0) is 0 Å². The highest BCUT2D eigenvalue weighted by Gasteiger charge is 2.42. The molecule has 0 radical (unpaired) electrons. The number of hydrogen-bond donors (Lipinski definition) is 0. The second-order valence-electron chi connectivity index (χ2n) is 6.83. The van der Waals surface area contributed by atoms with Crippen LogP contribution in [0.1, 0.15) is 29.0 Å². The molecule has 0 aromatic heterocycles. The van der Waals surface area contributed by atoms with Crippen LogP contribution in [0.2, 0.25) is 0 Å². The van der Waals surface area contributed by atoms with Crippen LogP contribution in [0.4, 0.5) is 11.4 Å². The minimum atomic E-state index is -0.351. The van der Waals surface area contributed by atoms with Gasteiger partial charge < -0.3 is 9.64 Å². The number of benzene rings is 3. The van der Waals surface area contributed by atoms with E-state index >= 15 is 0 Å². The van der Waals surface area contributed by atoms with E-state index in [-0.39, 0.29) is 12.1 Å². The van der Waals surface area contributed by atoms with E-state index in [9.17, 15) is 4.79 Å². The molecule has 0 saturated carbocycles. The maximum Gasteiger partial charge on any atom is 0.262 e. The molecular weight excluding hydrogens is 416 g/mol. The van der Waals surface area contributed by atoms with Gasteiger partial charge in [0.05, 0.1) is 16.9 Å². The molecule has 0 fully saturated rings. The van der Waals surface area contributed by atoms with Crippen LogP contribution in [0.25, 0.3) is 0 Å². The minimum absolute atomic E-state index is 0.0244. The monoisotopic (exact) mass is 432 g/mol. The van der Waals surface area contributed by atoms with E-state index in [1.165, 1.54) is 0 Å². The molecule has 0 aliphatic carbocycles. The van der Waals surface area contributed by atoms with Crippen molar-refractivity contribution in [2.45, 2.75) is 13.1 Å². The van der Waals surface area contributed by atoms with Crippen LogP contribution in [-0.4, -0.2) is 5.91 Å². The molecule has 0 spiro atoms. The van der Waals surface area contributed by atoms with Crippen LogP contribution in [0.3, 0.4) is 0 Å². The number of hydrogen-bond acceptors (Lipinski definition) is 3. The Morgan fingerprint density at radius 2 is 1.68 bits per heavy atom. The van der Waals surface area contributed by atoms with Crippen molar-refractivity contribution in [1.82, 2.24) is 0 Å². The van der Waals surface area contributed by atoms with Crippen LogP contribution in [0.15, 0.2) is 89.2 Å². The quantitative estimate of drug-likeness (QED) is 0.481. The van der Waals surface area contributed by atoms with Gasteiger partial charge in [0.25, 0.3) is 5.91 Å². The molecule has 0 N–H and O–H groups in total. The third-order valence-corrected chi connectivity index (χ3v) is 5.62. The van der Waals surface area contributed by atoms with Crippen LogP contribution >= 0.6 is 15.9 Å². The molecule has 0 bridgehead atoms. The SMILES string of the molecule is CC1=COc2ccc(Br)cc2C2N(c3ccccc3)C(=O)c3ccccc3N12. The first-order valence-electron chi connectivity index (χ1n) is 9.05. The van der Waals surface area contributed by atoms with E-state index in [2.05, 4.69) is 20.8 Å². The normalized spacial score (nSPS) is 17.7. The molecular formula is C23H17BrN2O2. The van der Waals surface area contributed by atoms with Crippen molar-refractivity contribution in [2.24, 2.45) is 0 Å². The van der Waals surface area contributed by atoms with Gasteiger partial charge in [0.2, 0.25) is 0 Å². The van der Waals surface area contributed by atoms with Crippen molar-refractivity contribution in [2.75, 3.05) is 9.80 Å².